The number of sulfonamides is 1. The number of aromatic nitrogens is 2. The SMILES string of the molecule is O=S(=O)(Nc1nn(Cc2ccccc2)cc1Cl)c1ccc(Cl)cc1. The van der Waals surface area contributed by atoms with E-state index in [1.165, 1.54) is 24.3 Å². The lowest BCUT2D eigenvalue weighted by Crippen LogP contribution is -2.14. The summed E-state index contributed by atoms with van der Waals surface area (Å²) >= 11 is 11.9. The van der Waals surface area contributed by atoms with Crippen LogP contribution in [-0.4, -0.2) is 18.2 Å². The molecule has 3 aromatic rings. The number of halogens is 2. The molecule has 0 aliphatic heterocycles. The minimum absolute atomic E-state index is 0.0839. The van der Waals surface area contributed by atoms with E-state index in [1.807, 2.05) is 30.3 Å². The van der Waals surface area contributed by atoms with E-state index in [0.29, 0.717) is 11.6 Å². The second-order valence-electron chi connectivity index (χ2n) is 5.07. The summed E-state index contributed by atoms with van der Waals surface area (Å²) in [4.78, 5) is 0.0839. The zero-order valence-electron chi connectivity index (χ0n) is 12.4. The summed E-state index contributed by atoms with van der Waals surface area (Å²) in [6, 6.07) is 15.5. The summed E-state index contributed by atoms with van der Waals surface area (Å²) in [5.41, 5.74) is 1.03. The Kier molecular flexibility index (Phi) is 4.80. The molecule has 0 aliphatic rings. The van der Waals surface area contributed by atoms with E-state index in [9.17, 15) is 8.42 Å². The standard InChI is InChI=1S/C16H13Cl2N3O2S/c17-13-6-8-14(9-7-13)24(22,23)20-16-15(18)11-21(19-16)10-12-4-2-1-3-5-12/h1-9,11H,10H2,(H,19,20). The molecular weight excluding hydrogens is 369 g/mol. The van der Waals surface area contributed by atoms with Gasteiger partial charge in [0.1, 0.15) is 5.02 Å². The Morgan fingerprint density at radius 2 is 1.67 bits per heavy atom. The normalized spacial score (nSPS) is 11.4. The molecule has 1 heterocycles. The van der Waals surface area contributed by atoms with Crippen LogP contribution in [0.15, 0.2) is 65.7 Å². The van der Waals surface area contributed by atoms with Crippen molar-refractivity contribution in [3.63, 3.8) is 0 Å². The fourth-order valence-electron chi connectivity index (χ4n) is 2.12. The fourth-order valence-corrected chi connectivity index (χ4v) is 3.51. The van der Waals surface area contributed by atoms with E-state index < -0.39 is 10.0 Å². The smallest absolute Gasteiger partial charge is 0.263 e. The van der Waals surface area contributed by atoms with Crippen LogP contribution in [0.2, 0.25) is 10.0 Å². The Balaban J connectivity index is 1.81. The minimum Gasteiger partial charge on any atom is -0.265 e. The van der Waals surface area contributed by atoms with Crippen molar-refractivity contribution in [2.45, 2.75) is 11.4 Å². The highest BCUT2D eigenvalue weighted by atomic mass is 35.5. The van der Waals surface area contributed by atoms with Gasteiger partial charge in [-0.1, -0.05) is 53.5 Å². The van der Waals surface area contributed by atoms with Crippen LogP contribution in [0.4, 0.5) is 5.82 Å². The Bertz CT molecular complexity index is 939. The average Bonchev–Trinajstić information content (AvgIpc) is 2.87. The van der Waals surface area contributed by atoms with Crippen LogP contribution in [0.5, 0.6) is 0 Å². The van der Waals surface area contributed by atoms with Gasteiger partial charge in [-0.3, -0.25) is 9.40 Å². The van der Waals surface area contributed by atoms with Crippen LogP contribution in [0.3, 0.4) is 0 Å². The molecule has 0 saturated heterocycles. The monoisotopic (exact) mass is 381 g/mol. The molecule has 0 atom stereocenters. The van der Waals surface area contributed by atoms with Gasteiger partial charge in [0.05, 0.1) is 11.4 Å². The first-order valence-electron chi connectivity index (χ1n) is 6.99. The number of nitrogens with one attached hydrogen (secondary N) is 1. The van der Waals surface area contributed by atoms with E-state index in [4.69, 9.17) is 23.2 Å². The summed E-state index contributed by atoms with van der Waals surface area (Å²) < 4.78 is 28.7. The van der Waals surface area contributed by atoms with Crippen molar-refractivity contribution in [3.05, 3.63) is 76.4 Å². The van der Waals surface area contributed by atoms with Crippen LogP contribution >= 0.6 is 23.2 Å². The van der Waals surface area contributed by atoms with Gasteiger partial charge < -0.3 is 0 Å². The molecule has 0 radical (unpaired) electrons. The first-order chi connectivity index (χ1) is 11.4. The predicted molar refractivity (Wildman–Crippen MR) is 95.0 cm³/mol. The number of hydrogen-bond donors (Lipinski definition) is 1. The fraction of sp³-hybridized carbons (Fsp3) is 0.0625. The molecular formula is C16H13Cl2N3O2S. The Labute approximate surface area is 149 Å². The molecule has 0 unspecified atom stereocenters. The number of rotatable bonds is 5. The van der Waals surface area contributed by atoms with Gasteiger partial charge >= 0.3 is 0 Å². The molecule has 1 aromatic heterocycles. The first kappa shape index (κ1) is 16.8. The van der Waals surface area contributed by atoms with Crippen molar-refractivity contribution in [1.29, 1.82) is 0 Å². The number of hydrogen-bond acceptors (Lipinski definition) is 3. The molecule has 2 aromatic carbocycles. The van der Waals surface area contributed by atoms with Crippen LogP contribution in [0, 0.1) is 0 Å². The van der Waals surface area contributed by atoms with Crippen molar-refractivity contribution in [2.24, 2.45) is 0 Å². The summed E-state index contributed by atoms with van der Waals surface area (Å²) in [5, 5.41) is 4.88. The molecule has 3 rings (SSSR count). The second kappa shape index (κ2) is 6.84. The Morgan fingerprint density at radius 3 is 2.33 bits per heavy atom. The van der Waals surface area contributed by atoms with Crippen LogP contribution in [0.1, 0.15) is 5.56 Å². The summed E-state index contributed by atoms with van der Waals surface area (Å²) in [7, 11) is -3.78. The van der Waals surface area contributed by atoms with Crippen LogP contribution in [-0.2, 0) is 16.6 Å². The average molecular weight is 382 g/mol. The molecule has 0 amide bonds. The summed E-state index contributed by atoms with van der Waals surface area (Å²) in [6.45, 7) is 0.489. The Morgan fingerprint density at radius 1 is 1.00 bits per heavy atom. The molecule has 1 N–H and O–H groups in total. The zero-order valence-corrected chi connectivity index (χ0v) is 14.7. The van der Waals surface area contributed by atoms with E-state index >= 15 is 0 Å². The van der Waals surface area contributed by atoms with Crippen molar-refractivity contribution in [1.82, 2.24) is 9.78 Å². The molecule has 8 heteroatoms. The maximum Gasteiger partial charge on any atom is 0.263 e. The van der Waals surface area contributed by atoms with Gasteiger partial charge in [-0.2, -0.15) is 5.10 Å². The molecule has 0 bridgehead atoms. The van der Waals surface area contributed by atoms with Gasteiger partial charge in [-0.05, 0) is 29.8 Å². The summed E-state index contributed by atoms with van der Waals surface area (Å²) in [5.74, 6) is 0.0857. The maximum atomic E-state index is 12.4. The van der Waals surface area contributed by atoms with E-state index in [0.717, 1.165) is 5.56 Å². The van der Waals surface area contributed by atoms with Gasteiger partial charge in [-0.25, -0.2) is 8.42 Å². The van der Waals surface area contributed by atoms with Gasteiger partial charge in [0.15, 0.2) is 5.82 Å². The van der Waals surface area contributed by atoms with Gasteiger partial charge in [0.2, 0.25) is 0 Å². The van der Waals surface area contributed by atoms with Crippen molar-refractivity contribution in [2.75, 3.05) is 4.72 Å². The summed E-state index contributed by atoms with van der Waals surface area (Å²) in [6.07, 6.45) is 1.58. The van der Waals surface area contributed by atoms with Crippen molar-refractivity contribution in [3.8, 4) is 0 Å². The van der Waals surface area contributed by atoms with Crippen molar-refractivity contribution < 1.29 is 8.42 Å². The van der Waals surface area contributed by atoms with E-state index in [1.54, 1.807) is 10.9 Å². The molecule has 0 fully saturated rings. The third kappa shape index (κ3) is 3.90. The lowest BCUT2D eigenvalue weighted by atomic mass is 10.2. The van der Waals surface area contributed by atoms with Crippen molar-refractivity contribution >= 4 is 39.0 Å². The minimum atomic E-state index is -3.78. The molecule has 5 nitrogen and oxygen atoms in total. The lowest BCUT2D eigenvalue weighted by Gasteiger charge is -2.06. The van der Waals surface area contributed by atoms with E-state index in [-0.39, 0.29) is 15.7 Å². The molecule has 24 heavy (non-hydrogen) atoms. The number of benzene rings is 2. The first-order valence-corrected chi connectivity index (χ1v) is 9.23. The molecule has 124 valence electrons. The number of anilines is 1. The molecule has 0 saturated carbocycles. The van der Waals surface area contributed by atoms with Crippen LogP contribution < -0.4 is 4.72 Å². The lowest BCUT2D eigenvalue weighted by molar-refractivity contribution is 0.600. The highest BCUT2D eigenvalue weighted by Gasteiger charge is 2.18. The third-order valence-corrected chi connectivity index (χ3v) is 5.14. The van der Waals surface area contributed by atoms with Gasteiger partial charge in [0, 0.05) is 11.2 Å². The quantitative estimate of drug-likeness (QED) is 0.725. The third-order valence-electron chi connectivity index (χ3n) is 3.26. The van der Waals surface area contributed by atoms with E-state index in [2.05, 4.69) is 9.82 Å². The van der Waals surface area contributed by atoms with Crippen LogP contribution in [0.25, 0.3) is 0 Å². The maximum absolute atomic E-state index is 12.4. The van der Waals surface area contributed by atoms with Gasteiger partial charge in [-0.15, -0.1) is 0 Å². The second-order valence-corrected chi connectivity index (χ2v) is 7.59. The topological polar surface area (TPSA) is 64.0 Å². The highest BCUT2D eigenvalue weighted by molar-refractivity contribution is 7.92. The molecule has 0 spiro atoms. The molecule has 0 aliphatic carbocycles. The largest absolute Gasteiger partial charge is 0.265 e. The zero-order chi connectivity index (χ0) is 17.2. The highest BCUT2D eigenvalue weighted by Crippen LogP contribution is 2.24. The number of nitrogens with zero attached hydrogens (tertiary/aromatic N) is 2. The van der Waals surface area contributed by atoms with Gasteiger partial charge in [0.25, 0.3) is 10.0 Å². The predicted octanol–water partition coefficient (Wildman–Crippen LogP) is 4.04. The Hall–Kier alpha value is -2.02.